The van der Waals surface area contributed by atoms with Gasteiger partial charge in [-0.3, -0.25) is 0 Å². The summed E-state index contributed by atoms with van der Waals surface area (Å²) in [4.78, 5) is 13.8. The molecule has 0 aromatic rings. The Bertz CT molecular complexity index is 248. The van der Waals surface area contributed by atoms with Crippen molar-refractivity contribution in [3.8, 4) is 0 Å². The fourth-order valence-electron chi connectivity index (χ4n) is 2.12. The van der Waals surface area contributed by atoms with Crippen molar-refractivity contribution < 1.29 is 4.79 Å². The Labute approximate surface area is 91.4 Å². The van der Waals surface area contributed by atoms with E-state index in [0.29, 0.717) is 0 Å². The first-order valence-electron chi connectivity index (χ1n) is 5.92. The fraction of sp³-hybridized carbons (Fsp3) is 0.909. The maximum atomic E-state index is 11.9. The molecule has 4 nitrogen and oxygen atoms in total. The van der Waals surface area contributed by atoms with Crippen molar-refractivity contribution in [1.82, 2.24) is 15.5 Å². The highest BCUT2D eigenvalue weighted by Gasteiger charge is 2.45. The van der Waals surface area contributed by atoms with E-state index in [1.807, 2.05) is 18.7 Å². The first-order chi connectivity index (χ1) is 7.11. The van der Waals surface area contributed by atoms with Crippen LogP contribution >= 0.6 is 0 Å². The molecule has 1 saturated heterocycles. The third kappa shape index (κ3) is 2.62. The van der Waals surface area contributed by atoms with Crippen molar-refractivity contribution in [1.29, 1.82) is 0 Å². The monoisotopic (exact) mass is 211 g/mol. The van der Waals surface area contributed by atoms with Gasteiger partial charge in [0.2, 0.25) is 0 Å². The van der Waals surface area contributed by atoms with Gasteiger partial charge in [0, 0.05) is 24.7 Å². The predicted molar refractivity (Wildman–Crippen MR) is 59.8 cm³/mol. The summed E-state index contributed by atoms with van der Waals surface area (Å²) in [7, 11) is 0. The van der Waals surface area contributed by atoms with E-state index in [4.69, 9.17) is 0 Å². The molecule has 4 heteroatoms. The van der Waals surface area contributed by atoms with E-state index in [9.17, 15) is 4.79 Å². The van der Waals surface area contributed by atoms with Gasteiger partial charge in [-0.1, -0.05) is 0 Å². The molecule has 2 N–H and O–H groups in total. The van der Waals surface area contributed by atoms with Crippen LogP contribution < -0.4 is 10.6 Å². The van der Waals surface area contributed by atoms with Crippen molar-refractivity contribution >= 4 is 6.03 Å². The predicted octanol–water partition coefficient (Wildman–Crippen LogP) is 0.932. The molecule has 0 radical (unpaired) electrons. The van der Waals surface area contributed by atoms with E-state index in [1.54, 1.807) is 0 Å². The number of hydrogen-bond acceptors (Lipinski definition) is 2. The number of rotatable bonds is 1. The zero-order chi connectivity index (χ0) is 10.9. The molecule has 1 saturated carbocycles. The second-order valence-electron chi connectivity index (χ2n) is 5.09. The molecule has 0 aromatic carbocycles. The molecule has 1 spiro atoms. The van der Waals surface area contributed by atoms with Gasteiger partial charge in [-0.2, -0.15) is 0 Å². The number of carbonyl (C=O) groups excluding carboxylic acids is 1. The zero-order valence-corrected chi connectivity index (χ0v) is 9.68. The Morgan fingerprint density at radius 1 is 1.47 bits per heavy atom. The lowest BCUT2D eigenvalue weighted by molar-refractivity contribution is 0.192. The zero-order valence-electron chi connectivity index (χ0n) is 9.68. The highest BCUT2D eigenvalue weighted by atomic mass is 16.2. The Morgan fingerprint density at radius 3 is 2.80 bits per heavy atom. The number of urea groups is 1. The minimum absolute atomic E-state index is 0.0972. The summed E-state index contributed by atoms with van der Waals surface area (Å²) >= 11 is 0. The van der Waals surface area contributed by atoms with Crippen LogP contribution in [0, 0.1) is 0 Å². The molecule has 0 unspecified atom stereocenters. The van der Waals surface area contributed by atoms with Crippen LogP contribution in [0.2, 0.25) is 0 Å². The SMILES string of the molecule is CC(C)NC(=O)N1CCCNC2(CC2)C1. The summed E-state index contributed by atoms with van der Waals surface area (Å²) in [5.74, 6) is 0. The summed E-state index contributed by atoms with van der Waals surface area (Å²) in [5.41, 5.74) is 0.269. The molecule has 2 aliphatic rings. The topological polar surface area (TPSA) is 44.4 Å². The highest BCUT2D eigenvalue weighted by Crippen LogP contribution is 2.37. The van der Waals surface area contributed by atoms with Crippen molar-refractivity contribution in [3.63, 3.8) is 0 Å². The van der Waals surface area contributed by atoms with E-state index in [-0.39, 0.29) is 17.6 Å². The molecule has 1 aliphatic carbocycles. The summed E-state index contributed by atoms with van der Waals surface area (Å²) in [6, 6.07) is 0.323. The molecular formula is C11H21N3O. The van der Waals surface area contributed by atoms with Gasteiger partial charge in [0.1, 0.15) is 0 Å². The molecule has 0 aromatic heterocycles. The normalized spacial score (nSPS) is 24.1. The lowest BCUT2D eigenvalue weighted by Gasteiger charge is -2.25. The summed E-state index contributed by atoms with van der Waals surface area (Å²) in [6.07, 6.45) is 3.50. The second-order valence-corrected chi connectivity index (χ2v) is 5.09. The minimum Gasteiger partial charge on any atom is -0.336 e. The Hall–Kier alpha value is -0.770. The average molecular weight is 211 g/mol. The molecule has 0 atom stereocenters. The van der Waals surface area contributed by atoms with Crippen molar-refractivity contribution in [2.24, 2.45) is 0 Å². The molecule has 1 heterocycles. The van der Waals surface area contributed by atoms with Crippen molar-refractivity contribution in [3.05, 3.63) is 0 Å². The first kappa shape index (κ1) is 10.7. The highest BCUT2D eigenvalue weighted by molar-refractivity contribution is 5.74. The fourth-order valence-corrected chi connectivity index (χ4v) is 2.12. The van der Waals surface area contributed by atoms with Crippen LogP contribution in [0.5, 0.6) is 0 Å². The maximum absolute atomic E-state index is 11.9. The number of hydrogen-bond donors (Lipinski definition) is 2. The lowest BCUT2D eigenvalue weighted by atomic mass is 10.2. The van der Waals surface area contributed by atoms with Gasteiger partial charge in [0.15, 0.2) is 0 Å². The molecular weight excluding hydrogens is 190 g/mol. The van der Waals surface area contributed by atoms with Crippen LogP contribution in [0.25, 0.3) is 0 Å². The molecule has 2 rings (SSSR count). The van der Waals surface area contributed by atoms with Gasteiger partial charge in [0.25, 0.3) is 0 Å². The van der Waals surface area contributed by atoms with Crippen molar-refractivity contribution in [2.75, 3.05) is 19.6 Å². The maximum Gasteiger partial charge on any atom is 0.317 e. The summed E-state index contributed by atoms with van der Waals surface area (Å²) in [5, 5.41) is 6.51. The third-order valence-corrected chi connectivity index (χ3v) is 3.15. The quantitative estimate of drug-likeness (QED) is 0.678. The second kappa shape index (κ2) is 4.00. The number of amides is 2. The van der Waals surface area contributed by atoms with Gasteiger partial charge in [-0.25, -0.2) is 4.79 Å². The van der Waals surface area contributed by atoms with Crippen molar-refractivity contribution in [2.45, 2.75) is 44.7 Å². The molecule has 1 aliphatic heterocycles. The molecule has 2 fully saturated rings. The Kier molecular flexibility index (Phi) is 2.87. The van der Waals surface area contributed by atoms with E-state index in [0.717, 1.165) is 26.1 Å². The van der Waals surface area contributed by atoms with E-state index in [2.05, 4.69) is 10.6 Å². The van der Waals surface area contributed by atoms with Gasteiger partial charge in [0.05, 0.1) is 0 Å². The van der Waals surface area contributed by atoms with Gasteiger partial charge in [-0.15, -0.1) is 0 Å². The van der Waals surface area contributed by atoms with Crippen LogP contribution in [0.3, 0.4) is 0 Å². The summed E-state index contributed by atoms with van der Waals surface area (Å²) in [6.45, 7) is 6.81. The van der Waals surface area contributed by atoms with Gasteiger partial charge >= 0.3 is 6.03 Å². The Balaban J connectivity index is 1.92. The van der Waals surface area contributed by atoms with Crippen LogP contribution in [0.15, 0.2) is 0 Å². The molecule has 2 amide bonds. The number of nitrogens with zero attached hydrogens (tertiary/aromatic N) is 1. The summed E-state index contributed by atoms with van der Waals surface area (Å²) < 4.78 is 0. The average Bonchev–Trinajstić information content (AvgIpc) is 2.93. The molecule has 0 bridgehead atoms. The van der Waals surface area contributed by atoms with E-state index in [1.165, 1.54) is 12.8 Å². The number of carbonyl (C=O) groups is 1. The molecule has 15 heavy (non-hydrogen) atoms. The van der Waals surface area contributed by atoms with Gasteiger partial charge in [-0.05, 0) is 39.7 Å². The Morgan fingerprint density at radius 2 is 2.20 bits per heavy atom. The lowest BCUT2D eigenvalue weighted by Crippen LogP contribution is -2.48. The first-order valence-corrected chi connectivity index (χ1v) is 5.92. The third-order valence-electron chi connectivity index (χ3n) is 3.15. The minimum atomic E-state index is 0.0972. The van der Waals surface area contributed by atoms with E-state index >= 15 is 0 Å². The number of nitrogens with one attached hydrogen (secondary N) is 2. The van der Waals surface area contributed by atoms with Crippen LogP contribution in [0.4, 0.5) is 4.79 Å². The van der Waals surface area contributed by atoms with Crippen LogP contribution in [-0.2, 0) is 0 Å². The van der Waals surface area contributed by atoms with Gasteiger partial charge < -0.3 is 15.5 Å². The largest absolute Gasteiger partial charge is 0.336 e. The smallest absolute Gasteiger partial charge is 0.317 e. The van der Waals surface area contributed by atoms with Crippen LogP contribution in [0.1, 0.15) is 33.1 Å². The van der Waals surface area contributed by atoms with E-state index < -0.39 is 0 Å². The van der Waals surface area contributed by atoms with Crippen LogP contribution in [-0.4, -0.2) is 42.1 Å². The standard InChI is InChI=1S/C11H21N3O/c1-9(2)13-10(15)14-7-3-6-12-11(8-14)4-5-11/h9,12H,3-8H2,1-2H3,(H,13,15). The molecule has 86 valence electrons.